The Kier molecular flexibility index (Phi) is 4.22. The highest BCUT2D eigenvalue weighted by atomic mass is 19.1. The summed E-state index contributed by atoms with van der Waals surface area (Å²) in [6, 6.07) is 5.80. The highest BCUT2D eigenvalue weighted by molar-refractivity contribution is 5.47. The van der Waals surface area contributed by atoms with Gasteiger partial charge in [-0.05, 0) is 44.0 Å². The number of nitrogens with zero attached hydrogens (tertiary/aromatic N) is 2. The lowest BCUT2D eigenvalue weighted by Crippen LogP contribution is -2.40. The zero-order valence-electron chi connectivity index (χ0n) is 12.0. The Labute approximate surface area is 120 Å². The van der Waals surface area contributed by atoms with Gasteiger partial charge in [-0.1, -0.05) is 18.6 Å². The van der Waals surface area contributed by atoms with Crippen LogP contribution in [-0.2, 0) is 6.54 Å². The summed E-state index contributed by atoms with van der Waals surface area (Å²) in [7, 11) is 0. The molecule has 2 N–H and O–H groups in total. The minimum Gasteiger partial charge on any atom is -0.396 e. The molecule has 1 aromatic rings. The maximum absolute atomic E-state index is 13.5. The van der Waals surface area contributed by atoms with Crippen LogP contribution in [0.4, 0.5) is 10.1 Å². The van der Waals surface area contributed by atoms with Crippen molar-refractivity contribution in [1.82, 2.24) is 9.80 Å². The van der Waals surface area contributed by atoms with E-state index in [4.69, 9.17) is 5.73 Å². The van der Waals surface area contributed by atoms with E-state index in [2.05, 4.69) is 9.80 Å². The number of anilines is 1. The Hall–Kier alpha value is -1.13. The summed E-state index contributed by atoms with van der Waals surface area (Å²) in [5.74, 6) is -0.297. The topological polar surface area (TPSA) is 32.5 Å². The highest BCUT2D eigenvalue weighted by Gasteiger charge is 2.28. The van der Waals surface area contributed by atoms with Crippen molar-refractivity contribution in [1.29, 1.82) is 0 Å². The lowest BCUT2D eigenvalue weighted by molar-refractivity contribution is 0.161. The van der Waals surface area contributed by atoms with E-state index in [9.17, 15) is 4.39 Å². The van der Waals surface area contributed by atoms with E-state index in [-0.39, 0.29) is 5.82 Å². The van der Waals surface area contributed by atoms with Crippen LogP contribution in [0.1, 0.15) is 31.2 Å². The average Bonchev–Trinajstić information content (AvgIpc) is 2.93. The molecule has 0 aliphatic carbocycles. The van der Waals surface area contributed by atoms with E-state index >= 15 is 0 Å². The van der Waals surface area contributed by atoms with E-state index < -0.39 is 0 Å². The standard InChI is InChI=1S/C16H24FN3/c17-15-6-4-5-13(16(15)18)11-19-10-7-14(12-19)20-8-2-1-3-9-20/h4-6,14H,1-3,7-12,18H2. The Morgan fingerprint density at radius 1 is 1.15 bits per heavy atom. The quantitative estimate of drug-likeness (QED) is 0.862. The fraction of sp³-hybridized carbons (Fsp3) is 0.625. The van der Waals surface area contributed by atoms with Crippen LogP contribution in [0.25, 0.3) is 0 Å². The summed E-state index contributed by atoms with van der Waals surface area (Å²) < 4.78 is 13.5. The predicted molar refractivity (Wildman–Crippen MR) is 79.9 cm³/mol. The van der Waals surface area contributed by atoms with E-state index in [0.717, 1.165) is 25.2 Å². The Morgan fingerprint density at radius 3 is 2.75 bits per heavy atom. The summed E-state index contributed by atoms with van der Waals surface area (Å²) in [5, 5.41) is 0. The van der Waals surface area contributed by atoms with E-state index in [1.54, 1.807) is 6.07 Å². The molecule has 4 heteroatoms. The van der Waals surface area contributed by atoms with Crippen molar-refractivity contribution < 1.29 is 4.39 Å². The first-order valence-corrected chi connectivity index (χ1v) is 7.73. The zero-order chi connectivity index (χ0) is 13.9. The molecule has 0 bridgehead atoms. The third kappa shape index (κ3) is 2.96. The number of benzene rings is 1. The zero-order valence-corrected chi connectivity index (χ0v) is 12.0. The molecule has 2 aliphatic heterocycles. The maximum Gasteiger partial charge on any atom is 0.146 e. The monoisotopic (exact) mass is 277 g/mol. The van der Waals surface area contributed by atoms with Crippen LogP contribution in [0.5, 0.6) is 0 Å². The number of hydrogen-bond acceptors (Lipinski definition) is 3. The second kappa shape index (κ2) is 6.10. The van der Waals surface area contributed by atoms with Crippen molar-refractivity contribution in [2.45, 2.75) is 38.3 Å². The largest absolute Gasteiger partial charge is 0.396 e. The molecular weight excluding hydrogens is 253 g/mol. The second-order valence-corrected chi connectivity index (χ2v) is 6.09. The lowest BCUT2D eigenvalue weighted by Gasteiger charge is -2.32. The summed E-state index contributed by atoms with van der Waals surface area (Å²) in [6.07, 6.45) is 5.29. The Morgan fingerprint density at radius 2 is 1.95 bits per heavy atom. The highest BCUT2D eigenvalue weighted by Crippen LogP contribution is 2.24. The molecule has 2 heterocycles. The van der Waals surface area contributed by atoms with Crippen LogP contribution >= 0.6 is 0 Å². The third-order valence-electron chi connectivity index (χ3n) is 4.69. The molecule has 2 aliphatic rings. The number of nitrogen functional groups attached to an aromatic ring is 1. The van der Waals surface area contributed by atoms with Crippen molar-refractivity contribution >= 4 is 5.69 Å². The van der Waals surface area contributed by atoms with E-state index in [1.807, 2.05) is 6.07 Å². The molecule has 0 aromatic heterocycles. The van der Waals surface area contributed by atoms with Crippen LogP contribution < -0.4 is 5.73 Å². The van der Waals surface area contributed by atoms with Crippen LogP contribution in [0, 0.1) is 5.82 Å². The van der Waals surface area contributed by atoms with Crippen molar-refractivity contribution in [3.05, 3.63) is 29.6 Å². The first-order valence-electron chi connectivity index (χ1n) is 7.73. The van der Waals surface area contributed by atoms with Crippen molar-refractivity contribution in [3.63, 3.8) is 0 Å². The van der Waals surface area contributed by atoms with Crippen LogP contribution in [0.2, 0.25) is 0 Å². The van der Waals surface area contributed by atoms with Crippen molar-refractivity contribution in [2.24, 2.45) is 0 Å². The molecule has 0 amide bonds. The molecule has 20 heavy (non-hydrogen) atoms. The molecule has 0 saturated carbocycles. The number of halogens is 1. The van der Waals surface area contributed by atoms with Crippen molar-refractivity contribution in [3.8, 4) is 0 Å². The predicted octanol–water partition coefficient (Wildman–Crippen LogP) is 2.47. The first-order chi connectivity index (χ1) is 9.74. The lowest BCUT2D eigenvalue weighted by atomic mass is 10.1. The Balaban J connectivity index is 1.58. The Bertz CT molecular complexity index is 457. The summed E-state index contributed by atoms with van der Waals surface area (Å²) in [4.78, 5) is 5.04. The van der Waals surface area contributed by atoms with Gasteiger partial charge in [0.15, 0.2) is 0 Å². The normalized spacial score (nSPS) is 25.1. The number of nitrogens with two attached hydrogens (primary N) is 1. The smallest absolute Gasteiger partial charge is 0.146 e. The molecule has 2 saturated heterocycles. The fourth-order valence-electron chi connectivity index (χ4n) is 3.50. The van der Waals surface area contributed by atoms with Crippen LogP contribution in [0.3, 0.4) is 0 Å². The summed E-state index contributed by atoms with van der Waals surface area (Å²) in [5.41, 5.74) is 7.06. The molecule has 0 radical (unpaired) electrons. The van der Waals surface area contributed by atoms with Gasteiger partial charge < -0.3 is 5.73 Å². The minimum absolute atomic E-state index is 0.297. The molecular formula is C16H24FN3. The molecule has 110 valence electrons. The first kappa shape index (κ1) is 13.8. The van der Waals surface area contributed by atoms with Gasteiger partial charge in [0.2, 0.25) is 0 Å². The number of piperidine rings is 1. The maximum atomic E-state index is 13.5. The van der Waals surface area contributed by atoms with Gasteiger partial charge >= 0.3 is 0 Å². The third-order valence-corrected chi connectivity index (χ3v) is 4.69. The molecule has 2 fully saturated rings. The molecule has 3 rings (SSSR count). The SMILES string of the molecule is Nc1c(F)cccc1CN1CCC(N2CCCCC2)C1. The van der Waals surface area contributed by atoms with Gasteiger partial charge in [-0.3, -0.25) is 9.80 Å². The van der Waals surface area contributed by atoms with Gasteiger partial charge in [0.05, 0.1) is 5.69 Å². The van der Waals surface area contributed by atoms with Gasteiger partial charge in [-0.15, -0.1) is 0 Å². The molecule has 3 nitrogen and oxygen atoms in total. The molecule has 1 unspecified atom stereocenters. The summed E-state index contributed by atoms with van der Waals surface area (Å²) in [6.45, 7) is 5.46. The molecule has 0 spiro atoms. The van der Waals surface area contributed by atoms with E-state index in [1.165, 1.54) is 44.8 Å². The van der Waals surface area contributed by atoms with Crippen LogP contribution in [-0.4, -0.2) is 42.0 Å². The number of likely N-dealkylation sites (tertiary alicyclic amines) is 2. The number of rotatable bonds is 3. The van der Waals surface area contributed by atoms with Gasteiger partial charge in [0, 0.05) is 25.7 Å². The molecule has 1 aromatic carbocycles. The minimum atomic E-state index is -0.297. The summed E-state index contributed by atoms with van der Waals surface area (Å²) >= 11 is 0. The molecule has 1 atom stereocenters. The van der Waals surface area contributed by atoms with Gasteiger partial charge in [-0.2, -0.15) is 0 Å². The average molecular weight is 277 g/mol. The van der Waals surface area contributed by atoms with Gasteiger partial charge in [-0.25, -0.2) is 4.39 Å². The van der Waals surface area contributed by atoms with Crippen molar-refractivity contribution in [2.75, 3.05) is 31.9 Å². The van der Waals surface area contributed by atoms with Crippen LogP contribution in [0.15, 0.2) is 18.2 Å². The fourth-order valence-corrected chi connectivity index (χ4v) is 3.50. The second-order valence-electron chi connectivity index (χ2n) is 6.09. The number of hydrogen-bond donors (Lipinski definition) is 1. The van der Waals surface area contributed by atoms with E-state index in [0.29, 0.717) is 11.7 Å². The van der Waals surface area contributed by atoms with Gasteiger partial charge in [0.1, 0.15) is 5.82 Å². The number of para-hydroxylation sites is 1. The van der Waals surface area contributed by atoms with Gasteiger partial charge in [0.25, 0.3) is 0 Å².